The average molecular weight is 282 g/mol. The Morgan fingerprint density at radius 3 is 2.33 bits per heavy atom. The Labute approximate surface area is 126 Å². The van der Waals surface area contributed by atoms with Crippen LogP contribution in [0.5, 0.6) is 0 Å². The van der Waals surface area contributed by atoms with Crippen molar-refractivity contribution in [3.8, 4) is 0 Å². The summed E-state index contributed by atoms with van der Waals surface area (Å²) in [6.07, 6.45) is 1.12. The lowest BCUT2D eigenvalue weighted by Crippen LogP contribution is -2.19. The molecule has 1 amide bonds. The van der Waals surface area contributed by atoms with Crippen LogP contribution >= 0.6 is 0 Å². The second-order valence-corrected chi connectivity index (χ2v) is 5.12. The van der Waals surface area contributed by atoms with Gasteiger partial charge in [0.05, 0.1) is 0 Å². The molecule has 0 aromatic heterocycles. The highest BCUT2D eigenvalue weighted by Crippen LogP contribution is 2.16. The van der Waals surface area contributed by atoms with Crippen molar-refractivity contribution in [1.29, 1.82) is 0 Å². The van der Waals surface area contributed by atoms with Crippen LogP contribution in [-0.2, 0) is 0 Å². The monoisotopic (exact) mass is 282 g/mol. The molecule has 0 radical (unpaired) electrons. The van der Waals surface area contributed by atoms with Gasteiger partial charge in [0.2, 0.25) is 0 Å². The Kier molecular flexibility index (Phi) is 5.52. The summed E-state index contributed by atoms with van der Waals surface area (Å²) in [6, 6.07) is 17.5. The van der Waals surface area contributed by atoms with Crippen molar-refractivity contribution in [2.75, 3.05) is 11.9 Å². The molecule has 0 aliphatic heterocycles. The van der Waals surface area contributed by atoms with Gasteiger partial charge in [0.15, 0.2) is 0 Å². The molecule has 0 saturated heterocycles. The van der Waals surface area contributed by atoms with Gasteiger partial charge in [0.1, 0.15) is 0 Å². The summed E-state index contributed by atoms with van der Waals surface area (Å²) < 4.78 is 0. The van der Waals surface area contributed by atoms with Gasteiger partial charge in [-0.15, -0.1) is 0 Å². The number of carbonyl (C=O) groups is 1. The van der Waals surface area contributed by atoms with E-state index in [0.29, 0.717) is 11.6 Å². The van der Waals surface area contributed by atoms with Gasteiger partial charge in [0.25, 0.3) is 5.91 Å². The number of hydrogen-bond acceptors (Lipinski definition) is 2. The van der Waals surface area contributed by atoms with Crippen LogP contribution in [-0.4, -0.2) is 12.5 Å². The van der Waals surface area contributed by atoms with E-state index in [9.17, 15) is 4.79 Å². The van der Waals surface area contributed by atoms with Crippen LogP contribution in [0.15, 0.2) is 54.6 Å². The molecule has 0 saturated carbocycles. The molecule has 2 aromatic rings. The standard InChI is InChI=1S/C18H22N2O/c1-3-13-19-14(2)15-9-11-17(12-10-15)20-18(21)16-7-5-4-6-8-16/h4-12,14,19H,3,13H2,1-2H3,(H,20,21). The number of benzene rings is 2. The van der Waals surface area contributed by atoms with Crippen LogP contribution in [0.1, 0.15) is 42.2 Å². The van der Waals surface area contributed by atoms with Gasteiger partial charge in [-0.25, -0.2) is 0 Å². The molecule has 3 nitrogen and oxygen atoms in total. The first-order valence-corrected chi connectivity index (χ1v) is 7.40. The van der Waals surface area contributed by atoms with Crippen LogP contribution in [0.2, 0.25) is 0 Å². The highest BCUT2D eigenvalue weighted by atomic mass is 16.1. The van der Waals surface area contributed by atoms with Gasteiger partial charge >= 0.3 is 0 Å². The van der Waals surface area contributed by atoms with E-state index in [1.54, 1.807) is 12.1 Å². The van der Waals surface area contributed by atoms with Crippen LogP contribution in [0.4, 0.5) is 5.69 Å². The third-order valence-electron chi connectivity index (χ3n) is 3.41. The minimum Gasteiger partial charge on any atom is -0.322 e. The Morgan fingerprint density at radius 2 is 1.71 bits per heavy atom. The smallest absolute Gasteiger partial charge is 0.255 e. The maximum absolute atomic E-state index is 12.1. The zero-order chi connectivity index (χ0) is 15.1. The summed E-state index contributed by atoms with van der Waals surface area (Å²) in [6.45, 7) is 5.31. The lowest BCUT2D eigenvalue weighted by Gasteiger charge is -2.14. The maximum Gasteiger partial charge on any atom is 0.255 e. The summed E-state index contributed by atoms with van der Waals surface area (Å²) in [7, 11) is 0. The topological polar surface area (TPSA) is 41.1 Å². The molecular formula is C18H22N2O. The Morgan fingerprint density at radius 1 is 1.05 bits per heavy atom. The zero-order valence-corrected chi connectivity index (χ0v) is 12.6. The van der Waals surface area contributed by atoms with Crippen LogP contribution in [0.3, 0.4) is 0 Å². The fourth-order valence-corrected chi connectivity index (χ4v) is 2.13. The Balaban J connectivity index is 1.98. The summed E-state index contributed by atoms with van der Waals surface area (Å²) in [5, 5.41) is 6.36. The molecular weight excluding hydrogens is 260 g/mol. The van der Waals surface area contributed by atoms with Crippen molar-refractivity contribution in [2.24, 2.45) is 0 Å². The quantitative estimate of drug-likeness (QED) is 0.841. The normalized spacial score (nSPS) is 11.9. The molecule has 1 unspecified atom stereocenters. The van der Waals surface area contributed by atoms with Gasteiger partial charge in [-0.3, -0.25) is 4.79 Å². The third-order valence-corrected chi connectivity index (χ3v) is 3.41. The summed E-state index contributed by atoms with van der Waals surface area (Å²) in [5.41, 5.74) is 2.70. The van der Waals surface area contributed by atoms with E-state index in [2.05, 4.69) is 24.5 Å². The number of hydrogen-bond donors (Lipinski definition) is 2. The van der Waals surface area contributed by atoms with Crippen LogP contribution in [0, 0.1) is 0 Å². The van der Waals surface area contributed by atoms with Crippen molar-refractivity contribution in [3.63, 3.8) is 0 Å². The summed E-state index contributed by atoms with van der Waals surface area (Å²) in [4.78, 5) is 12.1. The van der Waals surface area contributed by atoms with Gasteiger partial charge in [-0.2, -0.15) is 0 Å². The Bertz CT molecular complexity index is 564. The van der Waals surface area contributed by atoms with Crippen molar-refractivity contribution in [3.05, 3.63) is 65.7 Å². The number of nitrogens with one attached hydrogen (secondary N) is 2. The Hall–Kier alpha value is -2.13. The second-order valence-electron chi connectivity index (χ2n) is 5.12. The van der Waals surface area contributed by atoms with E-state index in [-0.39, 0.29) is 5.91 Å². The fraction of sp³-hybridized carbons (Fsp3) is 0.278. The SMILES string of the molecule is CCCNC(C)c1ccc(NC(=O)c2ccccc2)cc1. The first-order valence-electron chi connectivity index (χ1n) is 7.40. The molecule has 2 rings (SSSR count). The first kappa shape index (κ1) is 15.3. The van der Waals surface area contributed by atoms with E-state index in [1.807, 2.05) is 42.5 Å². The molecule has 2 aromatic carbocycles. The molecule has 0 aliphatic rings. The van der Waals surface area contributed by atoms with E-state index in [0.717, 1.165) is 18.7 Å². The number of anilines is 1. The molecule has 0 spiro atoms. The van der Waals surface area contributed by atoms with Gasteiger partial charge < -0.3 is 10.6 Å². The molecule has 3 heteroatoms. The second kappa shape index (κ2) is 7.60. The van der Waals surface area contributed by atoms with Crippen molar-refractivity contribution in [2.45, 2.75) is 26.3 Å². The van der Waals surface area contributed by atoms with Crippen molar-refractivity contribution < 1.29 is 4.79 Å². The zero-order valence-electron chi connectivity index (χ0n) is 12.6. The van der Waals surface area contributed by atoms with Gasteiger partial charge in [-0.1, -0.05) is 37.3 Å². The molecule has 2 N–H and O–H groups in total. The lowest BCUT2D eigenvalue weighted by molar-refractivity contribution is 0.102. The van der Waals surface area contributed by atoms with E-state index >= 15 is 0 Å². The molecule has 21 heavy (non-hydrogen) atoms. The summed E-state index contributed by atoms with van der Waals surface area (Å²) >= 11 is 0. The molecule has 0 heterocycles. The third kappa shape index (κ3) is 4.43. The fourth-order valence-electron chi connectivity index (χ4n) is 2.13. The number of amides is 1. The maximum atomic E-state index is 12.1. The lowest BCUT2D eigenvalue weighted by atomic mass is 10.1. The highest BCUT2D eigenvalue weighted by Gasteiger charge is 2.07. The van der Waals surface area contributed by atoms with Gasteiger partial charge in [-0.05, 0) is 49.7 Å². The minimum atomic E-state index is -0.0829. The average Bonchev–Trinajstić information content (AvgIpc) is 2.54. The van der Waals surface area contributed by atoms with Gasteiger partial charge in [0, 0.05) is 17.3 Å². The molecule has 0 bridgehead atoms. The minimum absolute atomic E-state index is 0.0829. The van der Waals surface area contributed by atoms with Crippen LogP contribution < -0.4 is 10.6 Å². The number of carbonyl (C=O) groups excluding carboxylic acids is 1. The first-order chi connectivity index (χ1) is 10.2. The van der Waals surface area contributed by atoms with E-state index in [4.69, 9.17) is 0 Å². The molecule has 0 aliphatic carbocycles. The van der Waals surface area contributed by atoms with Crippen molar-refractivity contribution in [1.82, 2.24) is 5.32 Å². The molecule has 110 valence electrons. The van der Waals surface area contributed by atoms with E-state index < -0.39 is 0 Å². The summed E-state index contributed by atoms with van der Waals surface area (Å²) in [5.74, 6) is -0.0829. The molecule has 0 fully saturated rings. The largest absolute Gasteiger partial charge is 0.322 e. The highest BCUT2D eigenvalue weighted by molar-refractivity contribution is 6.04. The van der Waals surface area contributed by atoms with Crippen LogP contribution in [0.25, 0.3) is 0 Å². The predicted octanol–water partition coefficient (Wildman–Crippen LogP) is 4.00. The predicted molar refractivity (Wildman–Crippen MR) is 87.5 cm³/mol. The van der Waals surface area contributed by atoms with E-state index in [1.165, 1.54) is 5.56 Å². The molecule has 1 atom stereocenters. The van der Waals surface area contributed by atoms with Crippen molar-refractivity contribution >= 4 is 11.6 Å². The number of rotatable bonds is 6.